The van der Waals surface area contributed by atoms with Gasteiger partial charge in [-0.3, -0.25) is 9.59 Å². The number of benzene rings is 3. The number of hydrogen-bond acceptors (Lipinski definition) is 3. The second-order valence-corrected chi connectivity index (χ2v) is 10.4. The van der Waals surface area contributed by atoms with Crippen LogP contribution < -0.4 is 10.6 Å². The number of hydrogen-bond donors (Lipinski definition) is 2. The lowest BCUT2D eigenvalue weighted by atomic mass is 10.1. The average Bonchev–Trinajstić information content (AvgIpc) is 3.37. The number of carbonyl (C=O) groups is 2. The molecular formula is C24H14Cl5N3O2. The maximum Gasteiger partial charge on any atom is 0.255 e. The van der Waals surface area contributed by atoms with Crippen molar-refractivity contribution in [2.45, 2.75) is 10.3 Å². The molecule has 2 amide bonds. The van der Waals surface area contributed by atoms with Crippen molar-refractivity contribution in [2.24, 2.45) is 5.92 Å². The maximum absolute atomic E-state index is 13.0. The molecule has 10 heteroatoms. The zero-order valence-corrected chi connectivity index (χ0v) is 20.9. The second kappa shape index (κ2) is 9.65. The summed E-state index contributed by atoms with van der Waals surface area (Å²) in [7, 11) is 0. The number of rotatable bonds is 5. The summed E-state index contributed by atoms with van der Waals surface area (Å²) in [6.07, 6.45) is 0. The van der Waals surface area contributed by atoms with Gasteiger partial charge < -0.3 is 10.6 Å². The average molecular weight is 554 g/mol. The summed E-state index contributed by atoms with van der Waals surface area (Å²) in [5.41, 5.74) is 2.13. The molecule has 0 radical (unpaired) electrons. The highest BCUT2D eigenvalue weighted by atomic mass is 35.5. The molecule has 34 heavy (non-hydrogen) atoms. The maximum atomic E-state index is 13.0. The molecule has 2 N–H and O–H groups in total. The van der Waals surface area contributed by atoms with E-state index in [0.29, 0.717) is 38.1 Å². The van der Waals surface area contributed by atoms with Crippen molar-refractivity contribution in [1.82, 2.24) is 0 Å². The Bertz CT molecular complexity index is 1320. The molecule has 1 aliphatic carbocycles. The zero-order valence-electron chi connectivity index (χ0n) is 17.1. The first-order valence-electron chi connectivity index (χ1n) is 9.86. The van der Waals surface area contributed by atoms with Gasteiger partial charge in [0.25, 0.3) is 5.91 Å². The van der Waals surface area contributed by atoms with Crippen LogP contribution in [0.5, 0.6) is 0 Å². The van der Waals surface area contributed by atoms with Crippen molar-refractivity contribution < 1.29 is 9.59 Å². The van der Waals surface area contributed by atoms with Crippen molar-refractivity contribution in [1.29, 1.82) is 5.26 Å². The van der Waals surface area contributed by atoms with E-state index in [1.165, 1.54) is 30.3 Å². The van der Waals surface area contributed by atoms with Gasteiger partial charge in [-0.15, -0.1) is 23.2 Å². The highest BCUT2D eigenvalue weighted by Crippen LogP contribution is 2.65. The number of nitrogens with one attached hydrogen (secondary N) is 2. The smallest absolute Gasteiger partial charge is 0.255 e. The largest absolute Gasteiger partial charge is 0.326 e. The summed E-state index contributed by atoms with van der Waals surface area (Å²) in [4.78, 5) is 25.5. The molecule has 5 nitrogen and oxygen atoms in total. The summed E-state index contributed by atoms with van der Waals surface area (Å²) in [6, 6.07) is 17.7. The summed E-state index contributed by atoms with van der Waals surface area (Å²) in [5, 5.41) is 15.5. The van der Waals surface area contributed by atoms with Crippen LogP contribution in [0, 0.1) is 17.2 Å². The van der Waals surface area contributed by atoms with Gasteiger partial charge in [-0.25, -0.2) is 0 Å². The predicted molar refractivity (Wildman–Crippen MR) is 136 cm³/mol. The molecule has 1 aliphatic rings. The Balaban J connectivity index is 1.49. The monoisotopic (exact) mass is 551 g/mol. The fourth-order valence-electron chi connectivity index (χ4n) is 3.63. The van der Waals surface area contributed by atoms with Crippen LogP contribution in [0.4, 0.5) is 11.4 Å². The van der Waals surface area contributed by atoms with Crippen LogP contribution in [0.3, 0.4) is 0 Å². The molecule has 2 atom stereocenters. The minimum absolute atomic E-state index is 0.280. The van der Waals surface area contributed by atoms with Crippen molar-refractivity contribution in [3.05, 3.63) is 92.4 Å². The third-order valence-corrected chi connectivity index (χ3v) is 7.04. The van der Waals surface area contributed by atoms with Gasteiger partial charge in [-0.2, -0.15) is 5.26 Å². The molecule has 4 rings (SSSR count). The third kappa shape index (κ3) is 5.12. The number of carbonyl (C=O) groups excluding carboxylic acids is 2. The van der Waals surface area contributed by atoms with Crippen molar-refractivity contribution in [3.63, 3.8) is 0 Å². The molecule has 0 heterocycles. The molecule has 0 unspecified atom stereocenters. The van der Waals surface area contributed by atoms with Crippen LogP contribution in [0.25, 0.3) is 0 Å². The van der Waals surface area contributed by atoms with Crippen LogP contribution in [0.1, 0.15) is 27.4 Å². The number of halogens is 5. The predicted octanol–water partition coefficient (Wildman–Crippen LogP) is 7.30. The standard InChI is InChI=1S/C24H14Cl5N3O2/c25-15-7-14(8-16(26)9-15)20-21(24(20,28)29)23(34)31-17-5-6-18(27)19(10-17)32-22(33)13-3-1-12(11-30)2-4-13/h1-10,20-21H,(H,31,34)(H,32,33)/t20-,21+/m0/s1. The van der Waals surface area contributed by atoms with Gasteiger partial charge in [0.15, 0.2) is 0 Å². The van der Waals surface area contributed by atoms with Gasteiger partial charge in [0.1, 0.15) is 4.33 Å². The van der Waals surface area contributed by atoms with Crippen molar-refractivity contribution >= 4 is 81.2 Å². The van der Waals surface area contributed by atoms with E-state index in [2.05, 4.69) is 10.6 Å². The second-order valence-electron chi connectivity index (χ2n) is 7.66. The lowest BCUT2D eigenvalue weighted by molar-refractivity contribution is -0.117. The Morgan fingerprint density at radius 2 is 1.53 bits per heavy atom. The summed E-state index contributed by atoms with van der Waals surface area (Å²) in [5.74, 6) is -2.05. The summed E-state index contributed by atoms with van der Waals surface area (Å²) < 4.78 is -1.32. The van der Waals surface area contributed by atoms with E-state index in [-0.39, 0.29) is 5.02 Å². The van der Waals surface area contributed by atoms with Crippen LogP contribution in [-0.2, 0) is 4.79 Å². The Kier molecular flexibility index (Phi) is 7.00. The minimum atomic E-state index is -1.32. The van der Waals surface area contributed by atoms with E-state index >= 15 is 0 Å². The summed E-state index contributed by atoms with van der Waals surface area (Å²) in [6.45, 7) is 0. The van der Waals surface area contributed by atoms with Gasteiger partial charge in [0.2, 0.25) is 5.91 Å². The Hall–Kier alpha value is -2.46. The molecule has 3 aromatic carbocycles. The first-order valence-corrected chi connectivity index (χ1v) is 11.7. The zero-order chi connectivity index (χ0) is 24.6. The van der Waals surface area contributed by atoms with E-state index in [0.717, 1.165) is 0 Å². The number of amides is 2. The highest BCUT2D eigenvalue weighted by Gasteiger charge is 2.67. The Morgan fingerprint density at radius 1 is 0.882 bits per heavy atom. The van der Waals surface area contributed by atoms with Gasteiger partial charge in [0.05, 0.1) is 28.3 Å². The molecular weight excluding hydrogens is 540 g/mol. The van der Waals surface area contributed by atoms with Crippen LogP contribution in [0.15, 0.2) is 60.7 Å². The molecule has 172 valence electrons. The van der Waals surface area contributed by atoms with E-state index < -0.39 is 28.0 Å². The van der Waals surface area contributed by atoms with E-state index in [1.54, 1.807) is 30.3 Å². The normalized spacial score (nSPS) is 18.0. The van der Waals surface area contributed by atoms with Crippen LogP contribution in [0.2, 0.25) is 15.1 Å². The van der Waals surface area contributed by atoms with Crippen LogP contribution >= 0.6 is 58.0 Å². The number of nitriles is 1. The fourth-order valence-corrected chi connectivity index (χ4v) is 5.17. The van der Waals surface area contributed by atoms with Crippen molar-refractivity contribution in [3.8, 4) is 6.07 Å². The minimum Gasteiger partial charge on any atom is -0.326 e. The van der Waals surface area contributed by atoms with Crippen molar-refractivity contribution in [2.75, 3.05) is 10.6 Å². The van der Waals surface area contributed by atoms with Gasteiger partial charge in [0, 0.05) is 27.2 Å². The van der Waals surface area contributed by atoms with E-state index in [9.17, 15) is 9.59 Å². The fraction of sp³-hybridized carbons (Fsp3) is 0.125. The van der Waals surface area contributed by atoms with E-state index in [4.69, 9.17) is 63.3 Å². The Morgan fingerprint density at radius 3 is 2.15 bits per heavy atom. The first-order chi connectivity index (χ1) is 16.1. The lowest BCUT2D eigenvalue weighted by Gasteiger charge is -2.11. The molecule has 1 saturated carbocycles. The van der Waals surface area contributed by atoms with Gasteiger partial charge in [-0.05, 0) is 66.2 Å². The molecule has 1 fully saturated rings. The SMILES string of the molecule is N#Cc1ccc(C(=O)Nc2cc(NC(=O)[C@H]3[C@H](c4cc(Cl)cc(Cl)c4)C3(Cl)Cl)ccc2Cl)cc1. The number of alkyl halides is 2. The molecule has 0 saturated heterocycles. The topological polar surface area (TPSA) is 82.0 Å². The molecule has 0 spiro atoms. The number of nitrogens with zero attached hydrogens (tertiary/aromatic N) is 1. The molecule has 0 bridgehead atoms. The molecule has 3 aromatic rings. The Labute approximate surface area is 220 Å². The molecule has 0 aromatic heterocycles. The summed E-state index contributed by atoms with van der Waals surface area (Å²) >= 11 is 31.2. The quantitative estimate of drug-likeness (QED) is 0.325. The lowest BCUT2D eigenvalue weighted by Crippen LogP contribution is -2.17. The first kappa shape index (κ1) is 24.7. The van der Waals surface area contributed by atoms with Gasteiger partial charge >= 0.3 is 0 Å². The third-order valence-electron chi connectivity index (χ3n) is 5.34. The number of anilines is 2. The molecule has 0 aliphatic heterocycles. The van der Waals surface area contributed by atoms with Gasteiger partial charge in [-0.1, -0.05) is 34.8 Å². The van der Waals surface area contributed by atoms with E-state index in [1.807, 2.05) is 6.07 Å². The highest BCUT2D eigenvalue weighted by molar-refractivity contribution is 6.53. The van der Waals surface area contributed by atoms with Crippen LogP contribution in [-0.4, -0.2) is 16.1 Å².